The Kier molecular flexibility index (Phi) is 4.88. The van der Waals surface area contributed by atoms with Crippen molar-refractivity contribution >= 4 is 5.82 Å². The number of aromatic nitrogens is 2. The molecule has 6 N–H and O–H groups in total. The van der Waals surface area contributed by atoms with Gasteiger partial charge in [0, 0.05) is 11.8 Å². The summed E-state index contributed by atoms with van der Waals surface area (Å²) in [7, 11) is 0. The summed E-state index contributed by atoms with van der Waals surface area (Å²) in [5, 5.41) is 18.6. The molecule has 1 aromatic rings. The fourth-order valence-electron chi connectivity index (χ4n) is 2.27. The van der Waals surface area contributed by atoms with E-state index in [9.17, 15) is 14.3 Å². The first-order chi connectivity index (χ1) is 9.99. The van der Waals surface area contributed by atoms with E-state index in [1.807, 2.05) is 0 Å². The zero-order valence-electron chi connectivity index (χ0n) is 11.4. The van der Waals surface area contributed by atoms with E-state index in [0.717, 1.165) is 4.57 Å². The number of nitrogens with zero attached hydrogens (tertiary/aromatic N) is 2. The Morgan fingerprint density at radius 3 is 2.81 bits per heavy atom. The maximum Gasteiger partial charge on any atom is 0.351 e. The number of ether oxygens (including phenoxy) is 1. The number of nitrogen functional groups attached to an aromatic ring is 1. The predicted octanol–water partition coefficient (Wildman–Crippen LogP) is -1.69. The van der Waals surface area contributed by atoms with Crippen molar-refractivity contribution in [2.24, 2.45) is 5.73 Å². The molecule has 8 nitrogen and oxygen atoms in total. The highest BCUT2D eigenvalue weighted by Gasteiger charge is 2.45. The number of aliphatic hydroxyl groups excluding tert-OH is 2. The van der Waals surface area contributed by atoms with E-state index in [1.165, 1.54) is 6.20 Å². The molecular formula is C12H19FN4O4. The molecule has 1 aromatic heterocycles. The van der Waals surface area contributed by atoms with Crippen LogP contribution < -0.4 is 17.2 Å². The number of rotatable bonds is 5. The van der Waals surface area contributed by atoms with Crippen LogP contribution in [0.2, 0.25) is 0 Å². The molecule has 2 rings (SSSR count). The van der Waals surface area contributed by atoms with Gasteiger partial charge in [-0.3, -0.25) is 4.57 Å². The minimum atomic E-state index is -1.84. The second-order valence-electron chi connectivity index (χ2n) is 4.92. The van der Waals surface area contributed by atoms with E-state index in [4.69, 9.17) is 21.3 Å². The van der Waals surface area contributed by atoms with Crippen LogP contribution in [0.25, 0.3) is 0 Å². The van der Waals surface area contributed by atoms with Gasteiger partial charge in [-0.2, -0.15) is 4.98 Å². The highest BCUT2D eigenvalue weighted by molar-refractivity contribution is 5.36. The molecule has 2 heterocycles. The Bertz CT molecular complexity index is 553. The molecule has 21 heavy (non-hydrogen) atoms. The summed E-state index contributed by atoms with van der Waals surface area (Å²) >= 11 is 0. The van der Waals surface area contributed by atoms with Crippen molar-refractivity contribution in [2.75, 3.05) is 18.9 Å². The summed E-state index contributed by atoms with van der Waals surface area (Å²) in [5.41, 5.74) is 10.9. The zero-order valence-corrected chi connectivity index (χ0v) is 11.4. The molecule has 1 aliphatic rings. The molecule has 1 aliphatic heterocycles. The Morgan fingerprint density at radius 2 is 2.24 bits per heavy atom. The van der Waals surface area contributed by atoms with Crippen molar-refractivity contribution < 1.29 is 19.3 Å². The number of aliphatic hydroxyl groups is 2. The van der Waals surface area contributed by atoms with Gasteiger partial charge in [0.1, 0.15) is 18.0 Å². The lowest BCUT2D eigenvalue weighted by Gasteiger charge is -2.17. The van der Waals surface area contributed by atoms with Crippen LogP contribution in [-0.2, 0) is 11.2 Å². The van der Waals surface area contributed by atoms with Crippen LogP contribution in [-0.4, -0.2) is 51.3 Å². The molecule has 118 valence electrons. The molecule has 9 heteroatoms. The van der Waals surface area contributed by atoms with Crippen molar-refractivity contribution in [1.82, 2.24) is 9.55 Å². The lowest BCUT2D eigenvalue weighted by Crippen LogP contribution is -2.34. The third-order valence-corrected chi connectivity index (χ3v) is 3.46. The lowest BCUT2D eigenvalue weighted by molar-refractivity contribution is -0.0491. The van der Waals surface area contributed by atoms with Crippen molar-refractivity contribution in [3.63, 3.8) is 0 Å². The van der Waals surface area contributed by atoms with E-state index in [1.54, 1.807) is 0 Å². The molecule has 0 saturated carbocycles. The lowest BCUT2D eigenvalue weighted by atomic mass is 10.1. The van der Waals surface area contributed by atoms with Crippen LogP contribution in [0.4, 0.5) is 10.2 Å². The molecule has 1 saturated heterocycles. The minimum absolute atomic E-state index is 0.0670. The number of anilines is 1. The summed E-state index contributed by atoms with van der Waals surface area (Å²) in [5.74, 6) is 0.0670. The molecule has 0 spiro atoms. The number of hydrogen-bond donors (Lipinski definition) is 4. The van der Waals surface area contributed by atoms with Gasteiger partial charge in [-0.05, 0) is 19.4 Å². The van der Waals surface area contributed by atoms with E-state index in [2.05, 4.69) is 4.98 Å². The standard InChI is InChI=1S/C12H19FN4O4/c13-8-9(19)7(5-18)21-11(8)17-4-6(2-1-3-14)10(15)16-12(17)20/h4,7-9,11,18-19H,1-3,5,14H2,(H2,15,16,20)/t7-,8-,9-,11-/m1/s1. The molecule has 0 bridgehead atoms. The Hall–Kier alpha value is -1.55. The molecule has 0 radical (unpaired) electrons. The van der Waals surface area contributed by atoms with Gasteiger partial charge >= 0.3 is 5.69 Å². The number of alkyl halides is 1. The Balaban J connectivity index is 2.33. The third kappa shape index (κ3) is 3.05. The second-order valence-corrected chi connectivity index (χ2v) is 4.92. The zero-order chi connectivity index (χ0) is 15.6. The van der Waals surface area contributed by atoms with Gasteiger partial charge < -0.3 is 26.4 Å². The van der Waals surface area contributed by atoms with Gasteiger partial charge in [0.2, 0.25) is 0 Å². The molecular weight excluding hydrogens is 283 g/mol. The normalized spacial score (nSPS) is 29.0. The van der Waals surface area contributed by atoms with E-state index >= 15 is 0 Å². The van der Waals surface area contributed by atoms with E-state index in [0.29, 0.717) is 24.9 Å². The summed E-state index contributed by atoms with van der Waals surface area (Å²) in [6.07, 6.45) is -3.27. The van der Waals surface area contributed by atoms with Crippen LogP contribution in [0.15, 0.2) is 11.0 Å². The number of hydrogen-bond acceptors (Lipinski definition) is 7. The van der Waals surface area contributed by atoms with Crippen molar-refractivity contribution in [2.45, 2.75) is 37.4 Å². The number of aryl methyl sites for hydroxylation is 1. The third-order valence-electron chi connectivity index (χ3n) is 3.46. The molecule has 1 fully saturated rings. The van der Waals surface area contributed by atoms with Crippen LogP contribution in [0.5, 0.6) is 0 Å². The van der Waals surface area contributed by atoms with E-state index in [-0.39, 0.29) is 5.82 Å². The first-order valence-electron chi connectivity index (χ1n) is 6.65. The highest BCUT2D eigenvalue weighted by Crippen LogP contribution is 2.31. The average molecular weight is 302 g/mol. The first kappa shape index (κ1) is 15.8. The minimum Gasteiger partial charge on any atom is -0.394 e. The largest absolute Gasteiger partial charge is 0.394 e. The van der Waals surface area contributed by atoms with Crippen LogP contribution >= 0.6 is 0 Å². The molecule has 0 aliphatic carbocycles. The van der Waals surface area contributed by atoms with Gasteiger partial charge in [-0.1, -0.05) is 0 Å². The maximum atomic E-state index is 14.0. The van der Waals surface area contributed by atoms with E-state index < -0.39 is 36.9 Å². The SMILES string of the molecule is NCCCc1cn([C@@H]2O[C@H](CO)[C@@H](O)[C@H]2F)c(=O)nc1N. The van der Waals surface area contributed by atoms with Gasteiger partial charge in [0.15, 0.2) is 12.4 Å². The molecule has 0 amide bonds. The second kappa shape index (κ2) is 6.48. The van der Waals surface area contributed by atoms with Gasteiger partial charge in [0.05, 0.1) is 6.61 Å². The smallest absolute Gasteiger partial charge is 0.351 e. The van der Waals surface area contributed by atoms with Gasteiger partial charge in [-0.15, -0.1) is 0 Å². The quantitative estimate of drug-likeness (QED) is 0.509. The Labute approximate surface area is 120 Å². The van der Waals surface area contributed by atoms with Crippen molar-refractivity contribution in [3.05, 3.63) is 22.2 Å². The van der Waals surface area contributed by atoms with Crippen molar-refractivity contribution in [1.29, 1.82) is 0 Å². The fraction of sp³-hybridized carbons (Fsp3) is 0.667. The number of nitrogens with two attached hydrogens (primary N) is 2. The molecule has 0 unspecified atom stereocenters. The van der Waals surface area contributed by atoms with Crippen LogP contribution in [0.1, 0.15) is 18.2 Å². The average Bonchev–Trinajstić information content (AvgIpc) is 2.74. The van der Waals surface area contributed by atoms with Gasteiger partial charge in [0.25, 0.3) is 0 Å². The fourth-order valence-corrected chi connectivity index (χ4v) is 2.27. The molecule has 4 atom stereocenters. The Morgan fingerprint density at radius 1 is 1.52 bits per heavy atom. The predicted molar refractivity (Wildman–Crippen MR) is 72.2 cm³/mol. The topological polar surface area (TPSA) is 137 Å². The summed E-state index contributed by atoms with van der Waals surface area (Å²) in [6.45, 7) is -0.106. The maximum absolute atomic E-state index is 14.0. The van der Waals surface area contributed by atoms with Gasteiger partial charge in [-0.25, -0.2) is 9.18 Å². The monoisotopic (exact) mass is 302 g/mol. The summed E-state index contributed by atoms with van der Waals surface area (Å²) in [4.78, 5) is 15.5. The first-order valence-corrected chi connectivity index (χ1v) is 6.65. The highest BCUT2D eigenvalue weighted by atomic mass is 19.1. The summed E-state index contributed by atoms with van der Waals surface area (Å²) in [6, 6.07) is 0. The summed E-state index contributed by atoms with van der Waals surface area (Å²) < 4.78 is 20.2. The number of halogens is 1. The van der Waals surface area contributed by atoms with Crippen LogP contribution in [0, 0.1) is 0 Å². The molecule has 0 aromatic carbocycles. The van der Waals surface area contributed by atoms with Crippen molar-refractivity contribution in [3.8, 4) is 0 Å². The van der Waals surface area contributed by atoms with Crippen LogP contribution in [0.3, 0.4) is 0 Å².